The van der Waals surface area contributed by atoms with E-state index in [1.165, 1.54) is 16.7 Å². The number of fused-ring (bicyclic) bond motifs is 1. The Morgan fingerprint density at radius 2 is 1.71 bits per heavy atom. The van der Waals surface area contributed by atoms with Gasteiger partial charge in [0.2, 0.25) is 0 Å². The predicted octanol–water partition coefficient (Wildman–Crippen LogP) is 4.62. The Bertz CT molecular complexity index is 654. The third-order valence-electron chi connectivity index (χ3n) is 3.87. The minimum Gasteiger partial charge on any atom is -0.497 e. The molecule has 0 N–H and O–H groups in total. The topological polar surface area (TPSA) is 18.5 Å². The van der Waals surface area contributed by atoms with Crippen LogP contribution in [0.1, 0.15) is 30.0 Å². The van der Waals surface area contributed by atoms with E-state index in [0.717, 1.165) is 29.9 Å². The summed E-state index contributed by atoms with van der Waals surface area (Å²) in [4.78, 5) is 0. The zero-order valence-electron chi connectivity index (χ0n) is 12.6. The molecule has 2 aromatic carbocycles. The van der Waals surface area contributed by atoms with Gasteiger partial charge in [-0.15, -0.1) is 0 Å². The quantitative estimate of drug-likeness (QED) is 0.813. The highest BCUT2D eigenvalue weighted by Gasteiger charge is 2.09. The molecule has 0 heterocycles. The molecule has 0 unspecified atom stereocenters. The lowest BCUT2D eigenvalue weighted by atomic mass is 9.93. The van der Waals surface area contributed by atoms with E-state index >= 15 is 0 Å². The van der Waals surface area contributed by atoms with Gasteiger partial charge in [0, 0.05) is 0 Å². The molecule has 2 heteroatoms. The summed E-state index contributed by atoms with van der Waals surface area (Å²) in [5, 5.41) is 0. The summed E-state index contributed by atoms with van der Waals surface area (Å²) in [6.45, 7) is 2.77. The number of ether oxygens (including phenoxy) is 2. The van der Waals surface area contributed by atoms with Crippen LogP contribution in [0.5, 0.6) is 11.5 Å². The second kappa shape index (κ2) is 6.04. The second-order valence-electron chi connectivity index (χ2n) is 5.49. The van der Waals surface area contributed by atoms with Crippen LogP contribution >= 0.6 is 0 Å². The van der Waals surface area contributed by atoms with Gasteiger partial charge in [0.15, 0.2) is 0 Å². The fourth-order valence-corrected chi connectivity index (χ4v) is 2.59. The molecular weight excluding hydrogens is 260 g/mol. The first-order valence-corrected chi connectivity index (χ1v) is 7.30. The number of rotatable bonds is 4. The van der Waals surface area contributed by atoms with Crippen molar-refractivity contribution in [2.75, 3.05) is 7.11 Å². The third-order valence-corrected chi connectivity index (χ3v) is 3.87. The first-order chi connectivity index (χ1) is 10.2. The van der Waals surface area contributed by atoms with Crippen molar-refractivity contribution in [1.82, 2.24) is 0 Å². The van der Waals surface area contributed by atoms with Crippen LogP contribution in [0.25, 0.3) is 6.08 Å². The Labute approximate surface area is 126 Å². The van der Waals surface area contributed by atoms with Gasteiger partial charge < -0.3 is 9.47 Å². The van der Waals surface area contributed by atoms with Gasteiger partial charge in [-0.2, -0.15) is 0 Å². The van der Waals surface area contributed by atoms with E-state index in [4.69, 9.17) is 9.47 Å². The summed E-state index contributed by atoms with van der Waals surface area (Å²) in [7, 11) is 1.68. The van der Waals surface area contributed by atoms with Crippen molar-refractivity contribution in [3.05, 3.63) is 64.7 Å². The highest BCUT2D eigenvalue weighted by molar-refractivity contribution is 5.60. The van der Waals surface area contributed by atoms with Crippen LogP contribution < -0.4 is 9.47 Å². The molecule has 2 nitrogen and oxygen atoms in total. The van der Waals surface area contributed by atoms with Gasteiger partial charge >= 0.3 is 0 Å². The smallest absolute Gasteiger partial charge is 0.120 e. The van der Waals surface area contributed by atoms with Crippen molar-refractivity contribution >= 4 is 6.08 Å². The van der Waals surface area contributed by atoms with Crippen molar-refractivity contribution in [1.29, 1.82) is 0 Å². The molecule has 1 aliphatic rings. The molecule has 0 atom stereocenters. The summed E-state index contributed by atoms with van der Waals surface area (Å²) in [5.41, 5.74) is 5.31. The van der Waals surface area contributed by atoms with E-state index in [-0.39, 0.29) is 0 Å². The Balaban J connectivity index is 1.68. The fraction of sp³-hybridized carbons (Fsp3) is 0.263. The summed E-state index contributed by atoms with van der Waals surface area (Å²) in [5.74, 6) is 1.81. The van der Waals surface area contributed by atoms with Gasteiger partial charge in [0.05, 0.1) is 7.11 Å². The van der Waals surface area contributed by atoms with E-state index in [9.17, 15) is 0 Å². The van der Waals surface area contributed by atoms with Crippen molar-refractivity contribution in [3.8, 4) is 11.5 Å². The minimum atomic E-state index is 0.581. The van der Waals surface area contributed by atoms with E-state index in [0.29, 0.717) is 6.61 Å². The second-order valence-corrected chi connectivity index (χ2v) is 5.49. The largest absolute Gasteiger partial charge is 0.497 e. The molecule has 0 bridgehead atoms. The normalized spacial score (nSPS) is 13.3. The number of aryl methyl sites for hydroxylation is 1. The highest BCUT2D eigenvalue weighted by atomic mass is 16.5. The molecule has 108 valence electrons. The van der Waals surface area contributed by atoms with Crippen LogP contribution in [0, 0.1) is 0 Å². The maximum atomic E-state index is 5.90. The molecule has 1 aliphatic carbocycles. The van der Waals surface area contributed by atoms with Crippen LogP contribution in [0.3, 0.4) is 0 Å². The van der Waals surface area contributed by atoms with Crippen LogP contribution in [0.15, 0.2) is 48.0 Å². The number of methoxy groups -OCH3 is 1. The molecule has 0 saturated heterocycles. The standard InChI is InChI=1S/C19H20O2/c1-14-3-6-17-12-19(10-7-16(17)11-14)21-13-15-4-8-18(20-2)9-5-15/h4-5,7-12H,3,6,13H2,1-2H3. The van der Waals surface area contributed by atoms with Gasteiger partial charge in [-0.25, -0.2) is 0 Å². The van der Waals surface area contributed by atoms with Crippen LogP contribution in [-0.2, 0) is 13.0 Å². The molecule has 2 aromatic rings. The molecule has 0 radical (unpaired) electrons. The van der Waals surface area contributed by atoms with E-state index < -0.39 is 0 Å². The van der Waals surface area contributed by atoms with Crippen molar-refractivity contribution in [2.45, 2.75) is 26.4 Å². The first-order valence-electron chi connectivity index (χ1n) is 7.30. The molecule has 0 saturated carbocycles. The number of benzene rings is 2. The number of hydrogen-bond donors (Lipinski definition) is 0. The van der Waals surface area contributed by atoms with E-state index in [1.54, 1.807) is 7.11 Å². The van der Waals surface area contributed by atoms with Crippen LogP contribution in [-0.4, -0.2) is 7.11 Å². The summed E-state index contributed by atoms with van der Waals surface area (Å²) in [6, 6.07) is 14.4. The van der Waals surface area contributed by atoms with E-state index in [2.05, 4.69) is 31.2 Å². The fourth-order valence-electron chi connectivity index (χ4n) is 2.59. The van der Waals surface area contributed by atoms with Gasteiger partial charge in [0.1, 0.15) is 18.1 Å². The molecule has 0 spiro atoms. The van der Waals surface area contributed by atoms with Crippen molar-refractivity contribution < 1.29 is 9.47 Å². The lowest BCUT2D eigenvalue weighted by Gasteiger charge is -2.15. The third kappa shape index (κ3) is 3.27. The molecule has 0 fully saturated rings. The first kappa shape index (κ1) is 13.7. The minimum absolute atomic E-state index is 0.581. The monoisotopic (exact) mass is 280 g/mol. The maximum absolute atomic E-state index is 5.90. The van der Waals surface area contributed by atoms with Crippen LogP contribution in [0.2, 0.25) is 0 Å². The van der Waals surface area contributed by atoms with Gasteiger partial charge in [-0.1, -0.05) is 29.8 Å². The predicted molar refractivity (Wildman–Crippen MR) is 85.7 cm³/mol. The Hall–Kier alpha value is -2.22. The summed E-state index contributed by atoms with van der Waals surface area (Å²) >= 11 is 0. The molecule has 0 aliphatic heterocycles. The SMILES string of the molecule is COc1ccc(COc2ccc3c(c2)CCC(C)=C3)cc1. The van der Waals surface area contributed by atoms with Crippen LogP contribution in [0.4, 0.5) is 0 Å². The van der Waals surface area contributed by atoms with Crippen molar-refractivity contribution in [3.63, 3.8) is 0 Å². The number of allylic oxidation sites excluding steroid dienone is 1. The Morgan fingerprint density at radius 3 is 2.48 bits per heavy atom. The molecule has 0 amide bonds. The highest BCUT2D eigenvalue weighted by Crippen LogP contribution is 2.27. The van der Waals surface area contributed by atoms with Gasteiger partial charge in [0.25, 0.3) is 0 Å². The molecule has 21 heavy (non-hydrogen) atoms. The average Bonchev–Trinajstić information content (AvgIpc) is 2.53. The lowest BCUT2D eigenvalue weighted by Crippen LogP contribution is -2.00. The van der Waals surface area contributed by atoms with Gasteiger partial charge in [-0.3, -0.25) is 0 Å². The van der Waals surface area contributed by atoms with E-state index in [1.807, 2.05) is 24.3 Å². The molecular formula is C19H20O2. The Kier molecular flexibility index (Phi) is 3.96. The average molecular weight is 280 g/mol. The summed E-state index contributed by atoms with van der Waals surface area (Å²) in [6.07, 6.45) is 4.53. The summed E-state index contributed by atoms with van der Waals surface area (Å²) < 4.78 is 11.1. The maximum Gasteiger partial charge on any atom is 0.120 e. The lowest BCUT2D eigenvalue weighted by molar-refractivity contribution is 0.305. The Morgan fingerprint density at radius 1 is 0.952 bits per heavy atom. The van der Waals surface area contributed by atoms with Crippen molar-refractivity contribution in [2.24, 2.45) is 0 Å². The molecule has 0 aromatic heterocycles. The zero-order valence-corrected chi connectivity index (χ0v) is 12.6. The molecule has 3 rings (SSSR count). The zero-order chi connectivity index (χ0) is 14.7. The van der Waals surface area contributed by atoms with Gasteiger partial charge in [-0.05, 0) is 60.7 Å². The number of hydrogen-bond acceptors (Lipinski definition) is 2.